The van der Waals surface area contributed by atoms with Gasteiger partial charge in [-0.3, -0.25) is 9.78 Å². The first kappa shape index (κ1) is 14.7. The van der Waals surface area contributed by atoms with Crippen LogP contribution >= 0.6 is 0 Å². The lowest BCUT2D eigenvalue weighted by atomic mass is 10.2. The van der Waals surface area contributed by atoms with E-state index in [1.54, 1.807) is 24.4 Å². The number of hydrogen-bond acceptors (Lipinski definition) is 3. The predicted molar refractivity (Wildman–Crippen MR) is 88.3 cm³/mol. The molecular weight excluding hydrogens is 293 g/mol. The van der Waals surface area contributed by atoms with Crippen molar-refractivity contribution < 1.29 is 9.18 Å². The Bertz CT molecular complexity index is 821. The number of hydrogen-bond donors (Lipinski definition) is 2. The van der Waals surface area contributed by atoms with Gasteiger partial charge in [0.25, 0.3) is 5.91 Å². The van der Waals surface area contributed by atoms with E-state index in [2.05, 4.69) is 15.6 Å². The van der Waals surface area contributed by atoms with Gasteiger partial charge in [-0.1, -0.05) is 30.3 Å². The summed E-state index contributed by atoms with van der Waals surface area (Å²) in [6.45, 7) is 0. The number of amides is 1. The molecule has 2 N–H and O–H groups in total. The molecule has 0 fully saturated rings. The van der Waals surface area contributed by atoms with Gasteiger partial charge >= 0.3 is 0 Å². The molecule has 0 aliphatic rings. The molecule has 0 saturated carbocycles. The van der Waals surface area contributed by atoms with Crippen LogP contribution in [0, 0.1) is 5.82 Å². The summed E-state index contributed by atoms with van der Waals surface area (Å²) in [6.07, 6.45) is 3.05. The Morgan fingerprint density at radius 3 is 2.43 bits per heavy atom. The molecule has 0 unspecified atom stereocenters. The van der Waals surface area contributed by atoms with Crippen LogP contribution in [-0.2, 0) is 0 Å². The highest BCUT2D eigenvalue weighted by atomic mass is 19.1. The number of rotatable bonds is 4. The van der Waals surface area contributed by atoms with E-state index in [9.17, 15) is 9.18 Å². The van der Waals surface area contributed by atoms with Crippen LogP contribution in [0.25, 0.3) is 0 Å². The first-order chi connectivity index (χ1) is 11.2. The van der Waals surface area contributed by atoms with Crippen LogP contribution in [-0.4, -0.2) is 10.9 Å². The van der Waals surface area contributed by atoms with Gasteiger partial charge in [-0.15, -0.1) is 0 Å². The molecule has 23 heavy (non-hydrogen) atoms. The van der Waals surface area contributed by atoms with Crippen molar-refractivity contribution in [1.29, 1.82) is 0 Å². The fraction of sp³-hybridized carbons (Fsp3) is 0. The minimum Gasteiger partial charge on any atom is -0.354 e. The smallest absolute Gasteiger partial charge is 0.257 e. The molecule has 0 aliphatic heterocycles. The molecule has 114 valence electrons. The van der Waals surface area contributed by atoms with Crippen molar-refractivity contribution in [3.63, 3.8) is 0 Å². The lowest BCUT2D eigenvalue weighted by Crippen LogP contribution is -2.13. The molecule has 3 rings (SSSR count). The van der Waals surface area contributed by atoms with E-state index in [0.29, 0.717) is 11.3 Å². The molecule has 4 nitrogen and oxygen atoms in total. The van der Waals surface area contributed by atoms with E-state index in [0.717, 1.165) is 5.69 Å². The number of para-hydroxylation sites is 2. The predicted octanol–water partition coefficient (Wildman–Crippen LogP) is 4.22. The van der Waals surface area contributed by atoms with Crippen LogP contribution in [0.2, 0.25) is 0 Å². The van der Waals surface area contributed by atoms with Crippen LogP contribution in [0.3, 0.4) is 0 Å². The number of benzene rings is 2. The number of halogens is 1. The third-order valence-corrected chi connectivity index (χ3v) is 3.18. The molecule has 5 heteroatoms. The maximum atomic E-state index is 13.6. The van der Waals surface area contributed by atoms with Gasteiger partial charge in [0.2, 0.25) is 0 Å². The Labute approximate surface area is 133 Å². The summed E-state index contributed by atoms with van der Waals surface area (Å²) in [5, 5.41) is 5.69. The fourth-order valence-electron chi connectivity index (χ4n) is 2.08. The highest BCUT2D eigenvalue weighted by Crippen LogP contribution is 2.18. The molecule has 0 radical (unpaired) electrons. The van der Waals surface area contributed by atoms with Gasteiger partial charge in [-0.25, -0.2) is 4.39 Å². The number of pyridine rings is 1. The summed E-state index contributed by atoms with van der Waals surface area (Å²) in [5.41, 5.74) is 2.05. The van der Waals surface area contributed by atoms with Crippen LogP contribution in [0.1, 0.15) is 10.4 Å². The molecule has 0 bridgehead atoms. The first-order valence-corrected chi connectivity index (χ1v) is 7.05. The monoisotopic (exact) mass is 307 g/mol. The zero-order chi connectivity index (χ0) is 16.1. The van der Waals surface area contributed by atoms with Crippen molar-refractivity contribution >= 4 is 23.0 Å². The quantitative estimate of drug-likeness (QED) is 0.759. The second kappa shape index (κ2) is 6.70. The van der Waals surface area contributed by atoms with Gasteiger partial charge in [0.05, 0.1) is 23.1 Å². The Hall–Kier alpha value is -3.21. The van der Waals surface area contributed by atoms with Crippen LogP contribution in [0.4, 0.5) is 21.5 Å². The van der Waals surface area contributed by atoms with E-state index >= 15 is 0 Å². The van der Waals surface area contributed by atoms with E-state index in [1.807, 2.05) is 30.3 Å². The van der Waals surface area contributed by atoms with Crippen LogP contribution in [0.15, 0.2) is 73.1 Å². The number of anilines is 3. The van der Waals surface area contributed by atoms with Gasteiger partial charge in [0.1, 0.15) is 5.82 Å². The molecule has 1 amide bonds. The molecule has 0 spiro atoms. The molecule has 0 aliphatic carbocycles. The van der Waals surface area contributed by atoms with Crippen molar-refractivity contribution in [1.82, 2.24) is 4.98 Å². The standard InChI is InChI=1S/C18H14FN3O/c19-16-8-4-5-9-17(16)22-18(23)13-10-15(12-20-11-13)21-14-6-2-1-3-7-14/h1-12,21H,(H,22,23). The summed E-state index contributed by atoms with van der Waals surface area (Å²) >= 11 is 0. The molecule has 3 aromatic rings. The van der Waals surface area contributed by atoms with E-state index in [4.69, 9.17) is 0 Å². The van der Waals surface area contributed by atoms with Gasteiger partial charge in [0, 0.05) is 11.9 Å². The van der Waals surface area contributed by atoms with Gasteiger partial charge in [0.15, 0.2) is 0 Å². The van der Waals surface area contributed by atoms with Crippen LogP contribution < -0.4 is 10.6 Å². The fourth-order valence-corrected chi connectivity index (χ4v) is 2.08. The van der Waals surface area contributed by atoms with E-state index in [1.165, 1.54) is 18.3 Å². The summed E-state index contributed by atoms with van der Waals surface area (Å²) in [5.74, 6) is -0.897. The van der Waals surface area contributed by atoms with Gasteiger partial charge in [-0.2, -0.15) is 0 Å². The SMILES string of the molecule is O=C(Nc1ccccc1F)c1cncc(Nc2ccccc2)c1. The maximum absolute atomic E-state index is 13.6. The lowest BCUT2D eigenvalue weighted by Gasteiger charge is -2.09. The average Bonchev–Trinajstić information content (AvgIpc) is 2.58. The highest BCUT2D eigenvalue weighted by Gasteiger charge is 2.10. The molecule has 2 aromatic carbocycles. The molecule has 1 aromatic heterocycles. The second-order valence-corrected chi connectivity index (χ2v) is 4.89. The van der Waals surface area contributed by atoms with Gasteiger partial charge < -0.3 is 10.6 Å². The Morgan fingerprint density at radius 1 is 0.913 bits per heavy atom. The Balaban J connectivity index is 1.77. The van der Waals surface area contributed by atoms with Crippen molar-refractivity contribution in [2.45, 2.75) is 0 Å². The highest BCUT2D eigenvalue weighted by molar-refractivity contribution is 6.04. The minimum absolute atomic E-state index is 0.138. The lowest BCUT2D eigenvalue weighted by molar-refractivity contribution is 0.102. The Morgan fingerprint density at radius 2 is 1.65 bits per heavy atom. The number of aromatic nitrogens is 1. The van der Waals surface area contributed by atoms with E-state index in [-0.39, 0.29) is 5.69 Å². The normalized spacial score (nSPS) is 10.1. The largest absolute Gasteiger partial charge is 0.354 e. The third kappa shape index (κ3) is 3.71. The van der Waals surface area contributed by atoms with Crippen molar-refractivity contribution in [3.05, 3.63) is 84.4 Å². The number of nitrogens with zero attached hydrogens (tertiary/aromatic N) is 1. The van der Waals surface area contributed by atoms with Crippen molar-refractivity contribution in [2.75, 3.05) is 10.6 Å². The zero-order valence-electron chi connectivity index (χ0n) is 12.2. The maximum Gasteiger partial charge on any atom is 0.257 e. The molecule has 0 atom stereocenters. The average molecular weight is 307 g/mol. The van der Waals surface area contributed by atoms with Crippen molar-refractivity contribution in [2.24, 2.45) is 0 Å². The van der Waals surface area contributed by atoms with Gasteiger partial charge in [-0.05, 0) is 30.3 Å². The summed E-state index contributed by atoms with van der Waals surface area (Å²) in [7, 11) is 0. The third-order valence-electron chi connectivity index (χ3n) is 3.18. The first-order valence-electron chi connectivity index (χ1n) is 7.05. The molecular formula is C18H14FN3O. The van der Waals surface area contributed by atoms with Crippen LogP contribution in [0.5, 0.6) is 0 Å². The summed E-state index contributed by atoms with van der Waals surface area (Å²) < 4.78 is 13.6. The van der Waals surface area contributed by atoms with Crippen molar-refractivity contribution in [3.8, 4) is 0 Å². The summed E-state index contributed by atoms with van der Waals surface area (Å²) in [4.78, 5) is 16.3. The Kier molecular flexibility index (Phi) is 4.29. The molecule has 0 saturated heterocycles. The second-order valence-electron chi connectivity index (χ2n) is 4.89. The number of carbonyl (C=O) groups is 1. The zero-order valence-corrected chi connectivity index (χ0v) is 12.2. The molecule has 1 heterocycles. The summed E-state index contributed by atoms with van der Waals surface area (Å²) in [6, 6.07) is 17.2. The number of carbonyl (C=O) groups excluding carboxylic acids is 1. The number of nitrogens with one attached hydrogen (secondary N) is 2. The minimum atomic E-state index is -0.479. The van der Waals surface area contributed by atoms with E-state index < -0.39 is 11.7 Å². The topological polar surface area (TPSA) is 54.0 Å².